The summed E-state index contributed by atoms with van der Waals surface area (Å²) < 4.78 is 26.9. The highest BCUT2D eigenvalue weighted by Gasteiger charge is 2.52. The topological polar surface area (TPSA) is 52.7 Å². The third kappa shape index (κ3) is 4.19. The number of nitrogens with zero attached hydrogens (tertiary/aromatic N) is 2. The van der Waals surface area contributed by atoms with Gasteiger partial charge in [0.15, 0.2) is 0 Å². The standard InChI is InChI=1S/C24H27F2N3O2/c1-16(2)21-23(31)29(15-17-6-8-19(25)9-7-17)24(27-21)10-12-28(13-11-24)22(30)18-4-3-5-20(26)14-18/h3-9,14,16,21,27H,10-13,15H2,1-2H3/t21-/m0/s1. The van der Waals surface area contributed by atoms with Crippen molar-refractivity contribution in [3.8, 4) is 0 Å². The van der Waals surface area contributed by atoms with E-state index in [1.807, 2.05) is 18.7 Å². The van der Waals surface area contributed by atoms with Crippen LogP contribution in [0, 0.1) is 17.6 Å². The van der Waals surface area contributed by atoms with Crippen molar-refractivity contribution >= 4 is 11.8 Å². The van der Waals surface area contributed by atoms with Gasteiger partial charge >= 0.3 is 0 Å². The number of hydrogen-bond donors (Lipinski definition) is 1. The quantitative estimate of drug-likeness (QED) is 0.812. The van der Waals surface area contributed by atoms with E-state index in [0.717, 1.165) is 5.56 Å². The largest absolute Gasteiger partial charge is 0.338 e. The lowest BCUT2D eigenvalue weighted by molar-refractivity contribution is -0.134. The smallest absolute Gasteiger partial charge is 0.253 e. The molecule has 4 rings (SSSR count). The Hall–Kier alpha value is -2.80. The van der Waals surface area contributed by atoms with Gasteiger partial charge in [0.1, 0.15) is 11.6 Å². The molecular formula is C24H27F2N3O2. The minimum Gasteiger partial charge on any atom is -0.338 e. The molecule has 1 N–H and O–H groups in total. The lowest BCUT2D eigenvalue weighted by Crippen LogP contribution is -2.59. The first-order valence-electron chi connectivity index (χ1n) is 10.7. The van der Waals surface area contributed by atoms with E-state index in [9.17, 15) is 18.4 Å². The number of halogens is 2. The lowest BCUT2D eigenvalue weighted by atomic mass is 9.94. The summed E-state index contributed by atoms with van der Waals surface area (Å²) in [6, 6.07) is 11.6. The van der Waals surface area contributed by atoms with Crippen molar-refractivity contribution in [1.29, 1.82) is 0 Å². The van der Waals surface area contributed by atoms with Crippen LogP contribution >= 0.6 is 0 Å². The van der Waals surface area contributed by atoms with Crippen LogP contribution in [0.4, 0.5) is 8.78 Å². The summed E-state index contributed by atoms with van der Waals surface area (Å²) in [5.41, 5.74) is 0.632. The van der Waals surface area contributed by atoms with E-state index in [4.69, 9.17) is 0 Å². The highest BCUT2D eigenvalue weighted by atomic mass is 19.1. The van der Waals surface area contributed by atoms with E-state index in [1.54, 1.807) is 23.1 Å². The number of benzene rings is 2. The second-order valence-corrected chi connectivity index (χ2v) is 8.75. The molecule has 0 saturated carbocycles. The van der Waals surface area contributed by atoms with E-state index in [2.05, 4.69) is 5.32 Å². The van der Waals surface area contributed by atoms with Crippen molar-refractivity contribution in [2.45, 2.75) is 44.9 Å². The number of piperidine rings is 1. The molecule has 5 nitrogen and oxygen atoms in total. The number of hydrogen-bond acceptors (Lipinski definition) is 3. The summed E-state index contributed by atoms with van der Waals surface area (Å²) in [5, 5.41) is 3.55. The van der Waals surface area contributed by atoms with Gasteiger partial charge in [-0.2, -0.15) is 0 Å². The normalized spacial score (nSPS) is 20.7. The average Bonchev–Trinajstić information content (AvgIpc) is 3.02. The zero-order chi connectivity index (χ0) is 22.2. The maximum atomic E-state index is 13.5. The number of likely N-dealkylation sites (tertiary alicyclic amines) is 1. The second-order valence-electron chi connectivity index (χ2n) is 8.75. The van der Waals surface area contributed by atoms with Crippen molar-refractivity contribution in [1.82, 2.24) is 15.1 Å². The van der Waals surface area contributed by atoms with Crippen LogP contribution in [0.5, 0.6) is 0 Å². The fourth-order valence-electron chi connectivity index (χ4n) is 4.56. The van der Waals surface area contributed by atoms with Crippen LogP contribution in [0.3, 0.4) is 0 Å². The number of amides is 2. The molecule has 2 aliphatic heterocycles. The van der Waals surface area contributed by atoms with E-state index in [1.165, 1.54) is 30.3 Å². The Balaban J connectivity index is 1.53. The zero-order valence-corrected chi connectivity index (χ0v) is 17.8. The predicted octanol–water partition coefficient (Wildman–Crippen LogP) is 3.55. The van der Waals surface area contributed by atoms with E-state index in [-0.39, 0.29) is 29.6 Å². The number of rotatable bonds is 4. The Labute approximate surface area is 181 Å². The molecule has 7 heteroatoms. The summed E-state index contributed by atoms with van der Waals surface area (Å²) in [4.78, 5) is 29.6. The molecule has 31 heavy (non-hydrogen) atoms. The summed E-state index contributed by atoms with van der Waals surface area (Å²) in [5.74, 6) is -0.802. The van der Waals surface area contributed by atoms with Crippen LogP contribution in [-0.4, -0.2) is 46.4 Å². The monoisotopic (exact) mass is 427 g/mol. The van der Waals surface area contributed by atoms with Crippen LogP contribution in [0.2, 0.25) is 0 Å². The predicted molar refractivity (Wildman–Crippen MR) is 113 cm³/mol. The molecule has 0 bridgehead atoms. The van der Waals surface area contributed by atoms with Gasteiger partial charge in [-0.1, -0.05) is 32.0 Å². The molecular weight excluding hydrogens is 400 g/mol. The molecule has 2 aromatic rings. The Morgan fingerprint density at radius 1 is 1.10 bits per heavy atom. The summed E-state index contributed by atoms with van der Waals surface area (Å²) >= 11 is 0. The molecule has 1 atom stereocenters. The van der Waals surface area contributed by atoms with Gasteiger partial charge in [0.25, 0.3) is 5.91 Å². The lowest BCUT2D eigenvalue weighted by Gasteiger charge is -2.44. The van der Waals surface area contributed by atoms with Gasteiger partial charge in [-0.3, -0.25) is 14.9 Å². The van der Waals surface area contributed by atoms with E-state index in [0.29, 0.717) is 38.0 Å². The van der Waals surface area contributed by atoms with Crippen LogP contribution in [-0.2, 0) is 11.3 Å². The van der Waals surface area contributed by atoms with Gasteiger partial charge in [0.05, 0.1) is 11.7 Å². The first-order chi connectivity index (χ1) is 14.8. The Bertz CT molecular complexity index is 969. The van der Waals surface area contributed by atoms with Crippen molar-refractivity contribution in [2.75, 3.05) is 13.1 Å². The first-order valence-corrected chi connectivity index (χ1v) is 10.7. The zero-order valence-electron chi connectivity index (χ0n) is 17.8. The Kier molecular flexibility index (Phi) is 5.79. The molecule has 2 saturated heterocycles. The van der Waals surface area contributed by atoms with E-state index < -0.39 is 11.5 Å². The molecule has 0 radical (unpaired) electrons. The molecule has 2 aliphatic rings. The van der Waals surface area contributed by atoms with Crippen LogP contribution < -0.4 is 5.32 Å². The molecule has 2 aromatic carbocycles. The molecule has 1 spiro atoms. The van der Waals surface area contributed by atoms with Crippen molar-refractivity contribution < 1.29 is 18.4 Å². The molecule has 2 amide bonds. The minimum absolute atomic E-state index is 0.0317. The van der Waals surface area contributed by atoms with Gasteiger partial charge in [0, 0.05) is 38.0 Å². The Morgan fingerprint density at radius 3 is 2.39 bits per heavy atom. The summed E-state index contributed by atoms with van der Waals surface area (Å²) in [6.45, 7) is 5.31. The number of carbonyl (C=O) groups excluding carboxylic acids is 2. The summed E-state index contributed by atoms with van der Waals surface area (Å²) in [7, 11) is 0. The maximum Gasteiger partial charge on any atom is 0.253 e. The average molecular weight is 427 g/mol. The van der Waals surface area contributed by atoms with Gasteiger partial charge in [-0.05, 0) is 41.8 Å². The van der Waals surface area contributed by atoms with Crippen LogP contribution in [0.25, 0.3) is 0 Å². The van der Waals surface area contributed by atoms with Crippen molar-refractivity contribution in [3.63, 3.8) is 0 Å². The van der Waals surface area contributed by atoms with Gasteiger partial charge in [-0.25, -0.2) is 8.78 Å². The van der Waals surface area contributed by atoms with Crippen molar-refractivity contribution in [2.24, 2.45) is 5.92 Å². The van der Waals surface area contributed by atoms with Gasteiger partial charge in [0.2, 0.25) is 5.91 Å². The maximum absolute atomic E-state index is 13.5. The fraction of sp³-hybridized carbons (Fsp3) is 0.417. The molecule has 164 valence electrons. The van der Waals surface area contributed by atoms with Crippen LogP contribution in [0.15, 0.2) is 48.5 Å². The second kappa shape index (κ2) is 8.38. The van der Waals surface area contributed by atoms with Crippen molar-refractivity contribution in [3.05, 3.63) is 71.3 Å². The first kappa shape index (κ1) is 21.4. The third-order valence-electron chi connectivity index (χ3n) is 6.34. The van der Waals surface area contributed by atoms with Gasteiger partial charge in [-0.15, -0.1) is 0 Å². The Morgan fingerprint density at radius 2 is 1.77 bits per heavy atom. The SMILES string of the molecule is CC(C)[C@@H]1NC2(CCN(C(=O)c3cccc(F)c3)CC2)N(Cc2ccc(F)cc2)C1=O. The molecule has 2 fully saturated rings. The van der Waals surface area contributed by atoms with Crippen LogP contribution in [0.1, 0.15) is 42.6 Å². The fourth-order valence-corrected chi connectivity index (χ4v) is 4.56. The molecule has 0 aliphatic carbocycles. The third-order valence-corrected chi connectivity index (χ3v) is 6.34. The molecule has 2 heterocycles. The molecule has 0 unspecified atom stereocenters. The highest BCUT2D eigenvalue weighted by Crippen LogP contribution is 2.36. The number of nitrogens with one attached hydrogen (secondary N) is 1. The summed E-state index contributed by atoms with van der Waals surface area (Å²) in [6.07, 6.45) is 1.15. The highest BCUT2D eigenvalue weighted by molar-refractivity contribution is 5.94. The molecule has 0 aromatic heterocycles. The van der Waals surface area contributed by atoms with E-state index >= 15 is 0 Å². The minimum atomic E-state index is -0.556. The van der Waals surface area contributed by atoms with Gasteiger partial charge < -0.3 is 9.80 Å². The number of carbonyl (C=O) groups is 2.